The molecular formula is C21H22N6O. The second-order valence-corrected chi connectivity index (χ2v) is 6.66. The molecule has 1 aliphatic rings. The summed E-state index contributed by atoms with van der Waals surface area (Å²) in [7, 11) is 0. The minimum absolute atomic E-state index is 0.263. The van der Waals surface area contributed by atoms with E-state index in [-0.39, 0.29) is 5.91 Å². The maximum Gasteiger partial charge on any atom is 0.270 e. The molecule has 7 heteroatoms. The highest BCUT2D eigenvalue weighted by Crippen LogP contribution is 2.23. The van der Waals surface area contributed by atoms with E-state index < -0.39 is 0 Å². The number of benzene rings is 1. The zero-order chi connectivity index (χ0) is 19.2. The number of nitrogens with zero attached hydrogens (tertiary/aromatic N) is 4. The Bertz CT molecular complexity index is 923. The fraction of sp³-hybridized carbons (Fsp3) is 0.238. The van der Waals surface area contributed by atoms with E-state index in [1.807, 2.05) is 30.3 Å². The average molecular weight is 374 g/mol. The lowest BCUT2D eigenvalue weighted by molar-refractivity contribution is 0.0945. The summed E-state index contributed by atoms with van der Waals surface area (Å²) in [5, 5.41) is 6.05. The predicted molar refractivity (Wildman–Crippen MR) is 109 cm³/mol. The topological polar surface area (TPSA) is 83.0 Å². The van der Waals surface area contributed by atoms with Gasteiger partial charge in [-0.3, -0.25) is 9.78 Å². The maximum atomic E-state index is 12.4. The van der Waals surface area contributed by atoms with Gasteiger partial charge in [-0.15, -0.1) is 0 Å². The lowest BCUT2D eigenvalue weighted by Gasteiger charge is -2.17. The molecule has 142 valence electrons. The lowest BCUT2D eigenvalue weighted by Crippen LogP contribution is -2.24. The molecule has 0 radical (unpaired) electrons. The van der Waals surface area contributed by atoms with Crippen molar-refractivity contribution < 1.29 is 4.79 Å². The quantitative estimate of drug-likeness (QED) is 0.690. The number of nitrogens with one attached hydrogen (secondary N) is 2. The van der Waals surface area contributed by atoms with Gasteiger partial charge in [-0.05, 0) is 49.2 Å². The maximum absolute atomic E-state index is 12.4. The molecule has 1 amide bonds. The largest absolute Gasteiger partial charge is 0.372 e. The number of hydrogen-bond donors (Lipinski definition) is 2. The first-order chi connectivity index (χ1) is 13.8. The summed E-state index contributed by atoms with van der Waals surface area (Å²) in [6.07, 6.45) is 5.60. The van der Waals surface area contributed by atoms with E-state index >= 15 is 0 Å². The molecule has 0 spiro atoms. The number of amides is 1. The van der Waals surface area contributed by atoms with Crippen molar-refractivity contribution >= 4 is 23.1 Å². The van der Waals surface area contributed by atoms with Crippen molar-refractivity contribution in [1.29, 1.82) is 0 Å². The van der Waals surface area contributed by atoms with Crippen LogP contribution in [-0.4, -0.2) is 33.9 Å². The van der Waals surface area contributed by atoms with Crippen LogP contribution in [0.15, 0.2) is 61.1 Å². The van der Waals surface area contributed by atoms with Gasteiger partial charge in [-0.25, -0.2) is 9.97 Å². The molecule has 2 N–H and O–H groups in total. The third-order valence-electron chi connectivity index (χ3n) is 4.67. The van der Waals surface area contributed by atoms with Crippen molar-refractivity contribution in [2.24, 2.45) is 0 Å². The summed E-state index contributed by atoms with van der Waals surface area (Å²) in [4.78, 5) is 27.2. The number of hydrogen-bond acceptors (Lipinski definition) is 6. The monoisotopic (exact) mass is 374 g/mol. The van der Waals surface area contributed by atoms with E-state index in [0.717, 1.165) is 24.5 Å². The van der Waals surface area contributed by atoms with Crippen LogP contribution < -0.4 is 15.5 Å². The fourth-order valence-corrected chi connectivity index (χ4v) is 3.19. The molecule has 4 rings (SSSR count). The highest BCUT2D eigenvalue weighted by Gasteiger charge is 2.12. The van der Waals surface area contributed by atoms with Gasteiger partial charge in [0.25, 0.3) is 5.91 Å². The average Bonchev–Trinajstić information content (AvgIpc) is 3.28. The number of carbonyl (C=O) groups excluding carboxylic acids is 1. The summed E-state index contributed by atoms with van der Waals surface area (Å²) >= 11 is 0. The standard InChI is InChI=1S/C21H22N6O/c28-21(23-14-17-5-1-2-10-22-17)19-13-20(25-15-24-19)26-16-6-8-18(9-7-16)27-11-3-4-12-27/h1-2,5-10,13,15H,3-4,11-12,14H2,(H,23,28)(H,24,25,26). The predicted octanol–water partition coefficient (Wildman–Crippen LogP) is 3.15. The Morgan fingerprint density at radius 2 is 1.82 bits per heavy atom. The van der Waals surface area contributed by atoms with E-state index in [1.54, 1.807) is 12.3 Å². The molecular weight excluding hydrogens is 352 g/mol. The third-order valence-corrected chi connectivity index (χ3v) is 4.67. The molecule has 1 aromatic carbocycles. The first-order valence-corrected chi connectivity index (χ1v) is 9.40. The number of aromatic nitrogens is 3. The van der Waals surface area contributed by atoms with Crippen LogP contribution in [-0.2, 0) is 6.54 Å². The van der Waals surface area contributed by atoms with Crippen LogP contribution in [0.1, 0.15) is 29.0 Å². The van der Waals surface area contributed by atoms with Crippen molar-refractivity contribution in [3.05, 3.63) is 72.4 Å². The van der Waals surface area contributed by atoms with Crippen molar-refractivity contribution in [2.75, 3.05) is 23.3 Å². The van der Waals surface area contributed by atoms with Gasteiger partial charge in [0.2, 0.25) is 0 Å². The molecule has 1 aliphatic heterocycles. The fourth-order valence-electron chi connectivity index (χ4n) is 3.19. The van der Waals surface area contributed by atoms with E-state index in [9.17, 15) is 4.79 Å². The minimum Gasteiger partial charge on any atom is -0.372 e. The zero-order valence-electron chi connectivity index (χ0n) is 15.5. The van der Waals surface area contributed by atoms with Crippen LogP contribution in [0.3, 0.4) is 0 Å². The molecule has 0 bridgehead atoms. The number of rotatable bonds is 6. The van der Waals surface area contributed by atoms with Crippen molar-refractivity contribution in [1.82, 2.24) is 20.3 Å². The summed E-state index contributed by atoms with van der Waals surface area (Å²) in [5.41, 5.74) is 3.25. The second kappa shape index (κ2) is 8.47. The molecule has 3 aromatic rings. The van der Waals surface area contributed by atoms with Crippen LogP contribution in [0.2, 0.25) is 0 Å². The first-order valence-electron chi connectivity index (χ1n) is 9.40. The van der Waals surface area contributed by atoms with Crippen LogP contribution in [0.25, 0.3) is 0 Å². The van der Waals surface area contributed by atoms with E-state index in [1.165, 1.54) is 24.9 Å². The van der Waals surface area contributed by atoms with Gasteiger partial charge in [-0.2, -0.15) is 0 Å². The third kappa shape index (κ3) is 4.43. The Morgan fingerprint density at radius 1 is 1.00 bits per heavy atom. The molecule has 0 unspecified atom stereocenters. The van der Waals surface area contributed by atoms with E-state index in [2.05, 4.69) is 42.6 Å². The Hall–Kier alpha value is -3.48. The SMILES string of the molecule is O=C(NCc1ccccn1)c1cc(Nc2ccc(N3CCCC3)cc2)ncn1. The van der Waals surface area contributed by atoms with Gasteiger partial charge >= 0.3 is 0 Å². The van der Waals surface area contributed by atoms with Gasteiger partial charge in [-0.1, -0.05) is 6.07 Å². The molecule has 0 saturated carbocycles. The zero-order valence-corrected chi connectivity index (χ0v) is 15.5. The van der Waals surface area contributed by atoms with Crippen LogP contribution in [0, 0.1) is 0 Å². The Labute approximate surface area is 163 Å². The Morgan fingerprint density at radius 3 is 2.57 bits per heavy atom. The Balaban J connectivity index is 1.38. The molecule has 1 saturated heterocycles. The van der Waals surface area contributed by atoms with Crippen LogP contribution in [0.4, 0.5) is 17.2 Å². The molecule has 0 aliphatic carbocycles. The summed E-state index contributed by atoms with van der Waals surface area (Å²) < 4.78 is 0. The van der Waals surface area contributed by atoms with E-state index in [0.29, 0.717) is 18.1 Å². The molecule has 2 aromatic heterocycles. The van der Waals surface area contributed by atoms with Crippen LogP contribution >= 0.6 is 0 Å². The lowest BCUT2D eigenvalue weighted by atomic mass is 10.2. The van der Waals surface area contributed by atoms with Gasteiger partial charge in [0.05, 0.1) is 12.2 Å². The molecule has 0 atom stereocenters. The first kappa shape index (κ1) is 17.9. The Kier molecular flexibility index (Phi) is 5.42. The van der Waals surface area contributed by atoms with Gasteiger partial charge in [0.1, 0.15) is 17.8 Å². The number of pyridine rings is 1. The van der Waals surface area contributed by atoms with Crippen molar-refractivity contribution in [3.8, 4) is 0 Å². The smallest absolute Gasteiger partial charge is 0.270 e. The van der Waals surface area contributed by atoms with Crippen molar-refractivity contribution in [3.63, 3.8) is 0 Å². The number of carbonyl (C=O) groups is 1. The second-order valence-electron chi connectivity index (χ2n) is 6.66. The molecule has 1 fully saturated rings. The highest BCUT2D eigenvalue weighted by molar-refractivity contribution is 5.92. The van der Waals surface area contributed by atoms with Gasteiger partial charge in [0.15, 0.2) is 0 Å². The van der Waals surface area contributed by atoms with Crippen LogP contribution in [0.5, 0.6) is 0 Å². The molecule has 7 nitrogen and oxygen atoms in total. The molecule has 28 heavy (non-hydrogen) atoms. The summed E-state index contributed by atoms with van der Waals surface area (Å²) in [5.74, 6) is 0.312. The van der Waals surface area contributed by atoms with E-state index in [4.69, 9.17) is 0 Å². The van der Waals surface area contributed by atoms with Crippen molar-refractivity contribution in [2.45, 2.75) is 19.4 Å². The normalized spacial score (nSPS) is 13.4. The van der Waals surface area contributed by atoms with Gasteiger partial charge in [0, 0.05) is 36.7 Å². The highest BCUT2D eigenvalue weighted by atomic mass is 16.1. The van der Waals surface area contributed by atoms with Gasteiger partial charge < -0.3 is 15.5 Å². The minimum atomic E-state index is -0.263. The summed E-state index contributed by atoms with van der Waals surface area (Å²) in [6.45, 7) is 2.59. The molecule has 3 heterocycles. The summed E-state index contributed by atoms with van der Waals surface area (Å²) in [6, 6.07) is 15.5. The number of anilines is 3.